The molecule has 0 amide bonds. The van der Waals surface area contributed by atoms with Crippen molar-refractivity contribution in [3.8, 4) is 0 Å². The molecule has 0 aliphatic rings. The third kappa shape index (κ3) is 4.30. The molecule has 0 aliphatic heterocycles. The van der Waals surface area contributed by atoms with Gasteiger partial charge in [0.1, 0.15) is 0 Å². The number of allylic oxidation sites excluding steroid dienone is 1. The van der Waals surface area contributed by atoms with Crippen LogP contribution in [0.3, 0.4) is 0 Å². The summed E-state index contributed by atoms with van der Waals surface area (Å²) < 4.78 is 0. The third-order valence-corrected chi connectivity index (χ3v) is 2.49. The van der Waals surface area contributed by atoms with Crippen molar-refractivity contribution in [2.24, 2.45) is 0 Å². The molecule has 0 spiro atoms. The third-order valence-electron chi connectivity index (χ3n) is 2.49. The molecule has 2 heteroatoms. The molecule has 0 fully saturated rings. The molecule has 1 aromatic carbocycles. The monoisotopic (exact) mass is 218 g/mol. The maximum absolute atomic E-state index is 10.7. The lowest BCUT2D eigenvalue weighted by molar-refractivity contribution is -0.131. The van der Waals surface area contributed by atoms with Crippen LogP contribution >= 0.6 is 0 Å². The Bertz CT molecular complexity index is 352. The Kier molecular flexibility index (Phi) is 5.34. The SMILES string of the molecule is CCCCCC(=CC(=O)O)c1ccccc1. The van der Waals surface area contributed by atoms with Crippen molar-refractivity contribution in [2.45, 2.75) is 32.6 Å². The standard InChI is InChI=1S/C14H18O2/c1-2-3-5-10-13(11-14(15)16)12-8-6-4-7-9-12/h4,6-9,11H,2-3,5,10H2,1H3,(H,15,16). The van der Waals surface area contributed by atoms with Crippen LogP contribution in [0.5, 0.6) is 0 Å². The van der Waals surface area contributed by atoms with Crippen molar-refractivity contribution in [3.63, 3.8) is 0 Å². The van der Waals surface area contributed by atoms with Gasteiger partial charge in [-0.15, -0.1) is 0 Å². The Hall–Kier alpha value is -1.57. The molecule has 0 aliphatic carbocycles. The lowest BCUT2D eigenvalue weighted by Gasteiger charge is -2.06. The van der Waals surface area contributed by atoms with Crippen molar-refractivity contribution < 1.29 is 9.90 Å². The van der Waals surface area contributed by atoms with Gasteiger partial charge in [-0.25, -0.2) is 4.79 Å². The molecule has 0 unspecified atom stereocenters. The molecule has 2 nitrogen and oxygen atoms in total. The summed E-state index contributed by atoms with van der Waals surface area (Å²) in [7, 11) is 0. The highest BCUT2D eigenvalue weighted by Gasteiger charge is 2.03. The van der Waals surface area contributed by atoms with Gasteiger partial charge in [-0.1, -0.05) is 50.1 Å². The molecule has 0 saturated carbocycles. The maximum atomic E-state index is 10.7. The van der Waals surface area contributed by atoms with Crippen LogP contribution < -0.4 is 0 Å². The van der Waals surface area contributed by atoms with Gasteiger partial charge in [0.25, 0.3) is 0 Å². The van der Waals surface area contributed by atoms with Crippen LogP contribution in [-0.4, -0.2) is 11.1 Å². The summed E-state index contributed by atoms with van der Waals surface area (Å²) in [4.78, 5) is 10.7. The quantitative estimate of drug-likeness (QED) is 0.583. The fourth-order valence-corrected chi connectivity index (χ4v) is 1.67. The van der Waals surface area contributed by atoms with Crippen molar-refractivity contribution in [1.82, 2.24) is 0 Å². The number of aliphatic carboxylic acids is 1. The van der Waals surface area contributed by atoms with Gasteiger partial charge in [-0.3, -0.25) is 0 Å². The van der Waals surface area contributed by atoms with Crippen molar-refractivity contribution in [3.05, 3.63) is 42.0 Å². The lowest BCUT2D eigenvalue weighted by atomic mass is 9.99. The predicted molar refractivity (Wildman–Crippen MR) is 66.2 cm³/mol. The highest BCUT2D eigenvalue weighted by Crippen LogP contribution is 2.20. The largest absolute Gasteiger partial charge is 0.478 e. The fraction of sp³-hybridized carbons (Fsp3) is 0.357. The highest BCUT2D eigenvalue weighted by atomic mass is 16.4. The normalized spacial score (nSPS) is 11.4. The summed E-state index contributed by atoms with van der Waals surface area (Å²) in [6, 6.07) is 9.73. The molecule has 0 aromatic heterocycles. The maximum Gasteiger partial charge on any atom is 0.328 e. The van der Waals surface area contributed by atoms with Crippen LogP contribution in [-0.2, 0) is 4.79 Å². The van der Waals surface area contributed by atoms with Gasteiger partial charge in [0, 0.05) is 6.08 Å². The van der Waals surface area contributed by atoms with E-state index in [2.05, 4.69) is 6.92 Å². The first-order chi connectivity index (χ1) is 7.74. The first-order valence-electron chi connectivity index (χ1n) is 5.73. The molecule has 0 radical (unpaired) electrons. The van der Waals surface area contributed by atoms with Crippen LogP contribution in [0.15, 0.2) is 36.4 Å². The average Bonchev–Trinajstić information content (AvgIpc) is 2.29. The summed E-state index contributed by atoms with van der Waals surface area (Å²) >= 11 is 0. The first-order valence-corrected chi connectivity index (χ1v) is 5.73. The van der Waals surface area contributed by atoms with Crippen LogP contribution in [0.4, 0.5) is 0 Å². The summed E-state index contributed by atoms with van der Waals surface area (Å²) in [5.41, 5.74) is 1.93. The number of hydrogen-bond donors (Lipinski definition) is 1. The van der Waals surface area contributed by atoms with Crippen LogP contribution in [0.2, 0.25) is 0 Å². The summed E-state index contributed by atoms with van der Waals surface area (Å²) in [6.45, 7) is 2.14. The van der Waals surface area contributed by atoms with E-state index >= 15 is 0 Å². The average molecular weight is 218 g/mol. The number of carboxylic acids is 1. The first kappa shape index (κ1) is 12.5. The number of hydrogen-bond acceptors (Lipinski definition) is 1. The summed E-state index contributed by atoms with van der Waals surface area (Å²) in [6.07, 6.45) is 5.50. The van der Waals surface area contributed by atoms with E-state index in [9.17, 15) is 4.79 Å². The van der Waals surface area contributed by atoms with Gasteiger partial charge in [0.05, 0.1) is 0 Å². The Morgan fingerprint density at radius 1 is 1.25 bits per heavy atom. The Labute approximate surface area is 96.6 Å². The highest BCUT2D eigenvalue weighted by molar-refractivity contribution is 5.89. The topological polar surface area (TPSA) is 37.3 Å². The second-order valence-corrected chi connectivity index (χ2v) is 3.83. The van der Waals surface area contributed by atoms with E-state index in [0.29, 0.717) is 0 Å². The molecule has 1 aromatic rings. The fourth-order valence-electron chi connectivity index (χ4n) is 1.67. The van der Waals surface area contributed by atoms with Crippen LogP contribution in [0.1, 0.15) is 38.2 Å². The Morgan fingerprint density at radius 3 is 2.50 bits per heavy atom. The number of rotatable bonds is 6. The molecule has 0 heterocycles. The van der Waals surface area contributed by atoms with Crippen LogP contribution in [0, 0.1) is 0 Å². The zero-order valence-electron chi connectivity index (χ0n) is 9.65. The van der Waals surface area contributed by atoms with Crippen molar-refractivity contribution >= 4 is 11.5 Å². The van der Waals surface area contributed by atoms with Gasteiger partial charge < -0.3 is 5.11 Å². The summed E-state index contributed by atoms with van der Waals surface area (Å²) in [5, 5.41) is 8.83. The molecule has 16 heavy (non-hydrogen) atoms. The number of benzene rings is 1. The van der Waals surface area contributed by atoms with Gasteiger partial charge in [0.15, 0.2) is 0 Å². The molecule has 1 N–H and O–H groups in total. The zero-order chi connectivity index (χ0) is 11.8. The second-order valence-electron chi connectivity index (χ2n) is 3.83. The number of carboxylic acid groups (broad SMARTS) is 1. The molecule has 0 bridgehead atoms. The van der Waals surface area contributed by atoms with Crippen molar-refractivity contribution in [1.29, 1.82) is 0 Å². The Morgan fingerprint density at radius 2 is 1.94 bits per heavy atom. The van der Waals surface area contributed by atoms with Crippen molar-refractivity contribution in [2.75, 3.05) is 0 Å². The molecule has 0 atom stereocenters. The smallest absolute Gasteiger partial charge is 0.328 e. The lowest BCUT2D eigenvalue weighted by Crippen LogP contribution is -1.93. The molecule has 1 rings (SSSR count). The van der Waals surface area contributed by atoms with E-state index in [-0.39, 0.29) is 0 Å². The van der Waals surface area contributed by atoms with Gasteiger partial charge >= 0.3 is 5.97 Å². The van der Waals surface area contributed by atoms with Crippen LogP contribution in [0.25, 0.3) is 5.57 Å². The van der Waals surface area contributed by atoms with Gasteiger partial charge in [0.2, 0.25) is 0 Å². The number of carbonyl (C=O) groups is 1. The minimum absolute atomic E-state index is 0.837. The van der Waals surface area contributed by atoms with E-state index in [4.69, 9.17) is 5.11 Å². The molecule has 86 valence electrons. The number of unbranched alkanes of at least 4 members (excludes halogenated alkanes) is 2. The second kappa shape index (κ2) is 6.83. The van der Waals surface area contributed by atoms with E-state index < -0.39 is 5.97 Å². The Balaban J connectivity index is 2.76. The predicted octanol–water partition coefficient (Wildman–Crippen LogP) is 3.73. The molecule has 0 saturated heterocycles. The minimum Gasteiger partial charge on any atom is -0.478 e. The minimum atomic E-state index is -0.865. The van der Waals surface area contributed by atoms with E-state index in [0.717, 1.165) is 36.8 Å². The van der Waals surface area contributed by atoms with Gasteiger partial charge in [-0.05, 0) is 24.0 Å². The van der Waals surface area contributed by atoms with E-state index in [1.54, 1.807) is 0 Å². The zero-order valence-corrected chi connectivity index (χ0v) is 9.65. The molecular formula is C14H18O2. The van der Waals surface area contributed by atoms with E-state index in [1.165, 1.54) is 6.08 Å². The summed E-state index contributed by atoms with van der Waals surface area (Å²) in [5.74, 6) is -0.865. The van der Waals surface area contributed by atoms with E-state index in [1.807, 2.05) is 30.3 Å². The molecular weight excluding hydrogens is 200 g/mol. The van der Waals surface area contributed by atoms with Gasteiger partial charge in [-0.2, -0.15) is 0 Å².